The lowest BCUT2D eigenvalue weighted by molar-refractivity contribution is -0.142. The first kappa shape index (κ1) is 33.8. The first-order valence-corrected chi connectivity index (χ1v) is 17.4. The van der Waals surface area contributed by atoms with E-state index in [4.69, 9.17) is 0 Å². The zero-order valence-corrected chi connectivity index (χ0v) is 28.4. The fourth-order valence-electron chi connectivity index (χ4n) is 7.90. The van der Waals surface area contributed by atoms with Crippen molar-refractivity contribution in [3.8, 4) is 0 Å². The fourth-order valence-corrected chi connectivity index (χ4v) is 10.1. The number of thioether (sulfide) groups is 1. The highest BCUT2D eigenvalue weighted by atomic mass is 32.2. The number of hydrogen-bond donors (Lipinski definition) is 1. The van der Waals surface area contributed by atoms with Crippen LogP contribution in [0.15, 0.2) is 79.9 Å². The van der Waals surface area contributed by atoms with E-state index < -0.39 is 28.7 Å². The van der Waals surface area contributed by atoms with Gasteiger partial charge in [-0.3, -0.25) is 14.4 Å². The van der Waals surface area contributed by atoms with E-state index in [0.29, 0.717) is 13.0 Å². The Morgan fingerprint density at radius 3 is 2.07 bits per heavy atom. The standard InChI is InChI=1S/C37H48N4O4S/c1-7-22-39(27-14-12-11-13-15-27)34(43)31-30-20-21-37(46-30)32(31)35(44)41(29(24-42)25(5)6)33(37)36(45)40(23-8-2)28-18-16-26(17-19-28)38(9-3)10-4/h7-8,11-19,25,29-33,42H,1-2,9-10,20-24H2,3-6H3/t29-,30-,31+,32-,33?,37?/m0/s1. The monoisotopic (exact) mass is 644 g/mol. The van der Waals surface area contributed by atoms with Crippen LogP contribution in [0.1, 0.15) is 40.5 Å². The number of para-hydroxylation sites is 1. The number of hydrogen-bond acceptors (Lipinski definition) is 6. The second-order valence-electron chi connectivity index (χ2n) is 12.8. The molecule has 3 aliphatic heterocycles. The molecular formula is C37H48N4O4S. The molecule has 3 saturated heterocycles. The molecule has 0 aliphatic carbocycles. The Bertz CT molecular complexity index is 1430. The Morgan fingerprint density at radius 1 is 0.957 bits per heavy atom. The van der Waals surface area contributed by atoms with E-state index in [1.54, 1.807) is 38.6 Å². The van der Waals surface area contributed by atoms with Crippen molar-refractivity contribution in [3.63, 3.8) is 0 Å². The minimum atomic E-state index is -0.829. The van der Waals surface area contributed by atoms with Crippen LogP contribution in [0.5, 0.6) is 0 Å². The molecule has 3 heterocycles. The molecule has 3 aliphatic rings. The number of benzene rings is 2. The third-order valence-electron chi connectivity index (χ3n) is 10.1. The van der Waals surface area contributed by atoms with Crippen molar-refractivity contribution in [2.24, 2.45) is 17.8 Å². The summed E-state index contributed by atoms with van der Waals surface area (Å²) in [5.74, 6) is -1.87. The molecule has 8 nitrogen and oxygen atoms in total. The largest absolute Gasteiger partial charge is 0.394 e. The topological polar surface area (TPSA) is 84.4 Å². The maximum atomic E-state index is 15.0. The van der Waals surface area contributed by atoms with Crippen LogP contribution < -0.4 is 14.7 Å². The van der Waals surface area contributed by atoms with Crippen LogP contribution in [-0.2, 0) is 14.4 Å². The van der Waals surface area contributed by atoms with Gasteiger partial charge in [-0.25, -0.2) is 0 Å². The van der Waals surface area contributed by atoms with Gasteiger partial charge in [0.1, 0.15) is 6.04 Å². The molecule has 9 heteroatoms. The van der Waals surface area contributed by atoms with Gasteiger partial charge in [0.05, 0.1) is 29.2 Å². The molecule has 6 atom stereocenters. The van der Waals surface area contributed by atoms with Crippen LogP contribution in [0, 0.1) is 17.8 Å². The van der Waals surface area contributed by atoms with Crippen molar-refractivity contribution >= 4 is 46.5 Å². The molecule has 2 aromatic rings. The molecule has 0 aromatic heterocycles. The molecular weight excluding hydrogens is 596 g/mol. The van der Waals surface area contributed by atoms with Gasteiger partial charge in [0.2, 0.25) is 11.8 Å². The highest BCUT2D eigenvalue weighted by molar-refractivity contribution is 8.02. The molecule has 5 rings (SSSR count). The van der Waals surface area contributed by atoms with Crippen molar-refractivity contribution in [2.45, 2.75) is 62.6 Å². The maximum Gasteiger partial charge on any atom is 0.251 e. The van der Waals surface area contributed by atoms with Crippen LogP contribution >= 0.6 is 11.8 Å². The number of nitrogens with zero attached hydrogens (tertiary/aromatic N) is 4. The normalized spacial score (nSPS) is 25.3. The van der Waals surface area contributed by atoms with Gasteiger partial charge in [0.25, 0.3) is 5.91 Å². The Morgan fingerprint density at radius 2 is 1.52 bits per heavy atom. The van der Waals surface area contributed by atoms with E-state index >= 15 is 0 Å². The van der Waals surface area contributed by atoms with Gasteiger partial charge in [0.15, 0.2) is 0 Å². The van der Waals surface area contributed by atoms with E-state index in [-0.39, 0.29) is 42.0 Å². The molecule has 0 radical (unpaired) electrons. The predicted molar refractivity (Wildman–Crippen MR) is 188 cm³/mol. The SMILES string of the molecule is C=CCN(C(=O)C1N([C@@H](CO)C(C)C)C(=O)[C@@H]2[C@H](C(=O)N(CC=C)c3ccccc3)[C@@H]3CCC12S3)c1ccc(N(CC)CC)cc1. The second-order valence-corrected chi connectivity index (χ2v) is 14.4. The minimum Gasteiger partial charge on any atom is -0.394 e. The summed E-state index contributed by atoms with van der Waals surface area (Å²) in [5, 5.41) is 10.6. The van der Waals surface area contributed by atoms with Gasteiger partial charge in [-0.05, 0) is 69.0 Å². The van der Waals surface area contributed by atoms with Gasteiger partial charge < -0.3 is 24.7 Å². The summed E-state index contributed by atoms with van der Waals surface area (Å²) in [5.41, 5.74) is 2.56. The number of rotatable bonds is 14. The summed E-state index contributed by atoms with van der Waals surface area (Å²) in [6.07, 6.45) is 4.80. The van der Waals surface area contributed by atoms with Gasteiger partial charge in [-0.15, -0.1) is 24.9 Å². The Labute approximate surface area is 278 Å². The highest BCUT2D eigenvalue weighted by Gasteiger charge is 2.74. The minimum absolute atomic E-state index is 0.0808. The number of carbonyl (C=O) groups excluding carboxylic acids is 3. The van der Waals surface area contributed by atoms with Gasteiger partial charge in [-0.1, -0.05) is 44.2 Å². The molecule has 1 spiro atoms. The van der Waals surface area contributed by atoms with Crippen LogP contribution in [-0.4, -0.2) is 82.6 Å². The molecule has 1 N–H and O–H groups in total. The van der Waals surface area contributed by atoms with Gasteiger partial charge >= 0.3 is 0 Å². The lowest BCUT2D eigenvalue weighted by Crippen LogP contribution is -2.58. The van der Waals surface area contributed by atoms with Crippen molar-refractivity contribution in [1.82, 2.24) is 4.90 Å². The van der Waals surface area contributed by atoms with Crippen LogP contribution in [0.4, 0.5) is 17.1 Å². The zero-order valence-electron chi connectivity index (χ0n) is 27.5. The zero-order chi connectivity index (χ0) is 33.2. The first-order valence-electron chi connectivity index (χ1n) is 16.5. The quantitative estimate of drug-likeness (QED) is 0.278. The number of likely N-dealkylation sites (tertiary alicyclic amines) is 1. The molecule has 2 unspecified atom stereocenters. The summed E-state index contributed by atoms with van der Waals surface area (Å²) < 4.78 is -0.779. The molecule has 2 bridgehead atoms. The molecule has 246 valence electrons. The molecule has 0 saturated carbocycles. The van der Waals surface area contributed by atoms with Gasteiger partial charge in [0, 0.05) is 48.5 Å². The number of carbonyl (C=O) groups is 3. The molecule has 3 fully saturated rings. The third-order valence-corrected chi connectivity index (χ3v) is 12.0. The van der Waals surface area contributed by atoms with E-state index in [1.807, 2.05) is 68.4 Å². The van der Waals surface area contributed by atoms with Crippen molar-refractivity contribution in [1.29, 1.82) is 0 Å². The Kier molecular flexibility index (Phi) is 10.3. The molecule has 2 aromatic carbocycles. The maximum absolute atomic E-state index is 15.0. The van der Waals surface area contributed by atoms with E-state index in [9.17, 15) is 19.5 Å². The van der Waals surface area contributed by atoms with Crippen molar-refractivity contribution in [2.75, 3.05) is 47.5 Å². The number of amides is 3. The highest BCUT2D eigenvalue weighted by Crippen LogP contribution is 2.67. The first-order chi connectivity index (χ1) is 22.2. The summed E-state index contributed by atoms with van der Waals surface area (Å²) in [4.78, 5) is 51.6. The summed E-state index contributed by atoms with van der Waals surface area (Å²) in [6, 6.07) is 16.0. The number of aliphatic hydroxyl groups is 1. The Hall–Kier alpha value is -3.56. The number of anilines is 3. The average Bonchev–Trinajstić information content (AvgIpc) is 3.71. The van der Waals surface area contributed by atoms with E-state index in [0.717, 1.165) is 36.6 Å². The van der Waals surface area contributed by atoms with Crippen LogP contribution in [0.3, 0.4) is 0 Å². The lowest BCUT2D eigenvalue weighted by Gasteiger charge is -2.40. The van der Waals surface area contributed by atoms with E-state index in [2.05, 4.69) is 31.9 Å². The fraction of sp³-hybridized carbons (Fsp3) is 0.486. The molecule has 3 amide bonds. The average molecular weight is 645 g/mol. The number of aliphatic hydroxyl groups excluding tert-OH is 1. The van der Waals surface area contributed by atoms with Crippen molar-refractivity contribution in [3.05, 3.63) is 79.9 Å². The van der Waals surface area contributed by atoms with Crippen LogP contribution in [0.25, 0.3) is 0 Å². The summed E-state index contributed by atoms with van der Waals surface area (Å²) >= 11 is 1.65. The van der Waals surface area contributed by atoms with Crippen LogP contribution in [0.2, 0.25) is 0 Å². The molecule has 46 heavy (non-hydrogen) atoms. The summed E-state index contributed by atoms with van der Waals surface area (Å²) in [7, 11) is 0. The summed E-state index contributed by atoms with van der Waals surface area (Å²) in [6.45, 7) is 18.1. The smallest absolute Gasteiger partial charge is 0.251 e. The Balaban J connectivity index is 1.58. The second kappa shape index (κ2) is 14.1. The predicted octanol–water partition coefficient (Wildman–Crippen LogP) is 5.38. The van der Waals surface area contributed by atoms with Gasteiger partial charge in [-0.2, -0.15) is 0 Å². The van der Waals surface area contributed by atoms with Crippen molar-refractivity contribution < 1.29 is 19.5 Å². The van der Waals surface area contributed by atoms with E-state index in [1.165, 1.54) is 0 Å². The number of fused-ring (bicyclic) bond motifs is 1. The lowest BCUT2D eigenvalue weighted by atomic mass is 9.70. The third kappa shape index (κ3) is 5.66.